The number of H-pyrrole nitrogens is 1. The predicted octanol–water partition coefficient (Wildman–Crippen LogP) is 0.155. The molecule has 0 aliphatic carbocycles. The minimum Gasteiger partial charge on any atom is -0.550 e. The average molecular weight is 249 g/mol. The fraction of sp³-hybridized carbons (Fsp3) is 0.182. The van der Waals surface area contributed by atoms with Crippen molar-refractivity contribution in [2.45, 2.75) is 11.6 Å². The molecule has 0 aliphatic rings. The van der Waals surface area contributed by atoms with Gasteiger partial charge in [0.25, 0.3) is 5.56 Å². The Morgan fingerprint density at radius 1 is 1.41 bits per heavy atom. The molecule has 0 aliphatic heterocycles. The van der Waals surface area contributed by atoms with Crippen LogP contribution < -0.4 is 10.7 Å². The van der Waals surface area contributed by atoms with Gasteiger partial charge in [-0.2, -0.15) is 0 Å². The van der Waals surface area contributed by atoms with Gasteiger partial charge in [0.2, 0.25) is 0 Å². The van der Waals surface area contributed by atoms with Crippen LogP contribution in [0.15, 0.2) is 34.2 Å². The Morgan fingerprint density at radius 2 is 2.18 bits per heavy atom. The molecule has 0 atom stereocenters. The number of rotatable bonds is 4. The number of fused-ring (bicyclic) bond motifs is 1. The van der Waals surface area contributed by atoms with Crippen LogP contribution in [-0.4, -0.2) is 21.7 Å². The van der Waals surface area contributed by atoms with Gasteiger partial charge in [0, 0.05) is 11.7 Å². The molecule has 17 heavy (non-hydrogen) atoms. The van der Waals surface area contributed by atoms with Gasteiger partial charge in [-0.3, -0.25) is 4.79 Å². The number of carbonyl (C=O) groups excluding carboxylic acids is 1. The Bertz CT molecular complexity index is 609. The lowest BCUT2D eigenvalue weighted by atomic mass is 10.2. The van der Waals surface area contributed by atoms with E-state index in [0.717, 1.165) is 0 Å². The van der Waals surface area contributed by atoms with Crippen LogP contribution in [0.3, 0.4) is 0 Å². The molecule has 0 bridgehead atoms. The highest BCUT2D eigenvalue weighted by Gasteiger charge is 2.03. The highest BCUT2D eigenvalue weighted by atomic mass is 32.2. The third-order valence-electron chi connectivity index (χ3n) is 2.14. The van der Waals surface area contributed by atoms with E-state index >= 15 is 0 Å². The smallest absolute Gasteiger partial charge is 0.259 e. The van der Waals surface area contributed by atoms with Gasteiger partial charge in [-0.15, -0.1) is 0 Å². The number of hydrogen-bond donors (Lipinski definition) is 1. The number of carboxylic acid groups (broad SMARTS) is 1. The summed E-state index contributed by atoms with van der Waals surface area (Å²) in [6.07, 6.45) is -0.0683. The molecule has 0 amide bonds. The number of para-hydroxylation sites is 1. The number of aliphatic carboxylic acids is 1. The first-order chi connectivity index (χ1) is 8.16. The second-order valence-corrected chi connectivity index (χ2v) is 4.44. The standard InChI is InChI=1S/C11H10N2O3S/c14-9(15)5-6-17-11-12-8-4-2-1-3-7(8)10(16)13-11/h1-4H,5-6H2,(H,14,15)(H,12,13,16)/p-1. The zero-order valence-corrected chi connectivity index (χ0v) is 9.62. The Labute approximate surface area is 101 Å². The van der Waals surface area contributed by atoms with Gasteiger partial charge in [-0.1, -0.05) is 23.9 Å². The number of hydrogen-bond acceptors (Lipinski definition) is 5. The molecule has 1 heterocycles. The molecule has 0 radical (unpaired) electrons. The number of aromatic amines is 1. The van der Waals surface area contributed by atoms with E-state index in [1.807, 2.05) is 0 Å². The first-order valence-electron chi connectivity index (χ1n) is 4.98. The van der Waals surface area contributed by atoms with Crippen molar-refractivity contribution in [1.82, 2.24) is 9.97 Å². The van der Waals surface area contributed by atoms with Crippen molar-refractivity contribution in [2.24, 2.45) is 0 Å². The van der Waals surface area contributed by atoms with Gasteiger partial charge in [0.1, 0.15) is 0 Å². The summed E-state index contributed by atoms with van der Waals surface area (Å²) >= 11 is 1.19. The van der Waals surface area contributed by atoms with Crippen molar-refractivity contribution in [3.8, 4) is 0 Å². The third kappa shape index (κ3) is 2.85. The van der Waals surface area contributed by atoms with Crippen LogP contribution in [0.2, 0.25) is 0 Å². The number of nitrogens with one attached hydrogen (secondary N) is 1. The van der Waals surface area contributed by atoms with Gasteiger partial charge >= 0.3 is 0 Å². The average Bonchev–Trinajstić information content (AvgIpc) is 2.28. The second kappa shape index (κ2) is 5.01. The summed E-state index contributed by atoms with van der Waals surface area (Å²) in [5, 5.41) is 11.2. The van der Waals surface area contributed by atoms with Crippen LogP contribution in [0.1, 0.15) is 6.42 Å². The Balaban J connectivity index is 2.25. The molecule has 0 spiro atoms. The lowest BCUT2D eigenvalue weighted by molar-refractivity contribution is -0.305. The molecule has 2 aromatic rings. The van der Waals surface area contributed by atoms with E-state index in [0.29, 0.717) is 21.8 Å². The van der Waals surface area contributed by atoms with E-state index in [1.165, 1.54) is 11.8 Å². The summed E-state index contributed by atoms with van der Waals surface area (Å²) < 4.78 is 0. The molecular formula is C11H9N2O3S-. The van der Waals surface area contributed by atoms with Crippen molar-refractivity contribution in [3.63, 3.8) is 0 Å². The lowest BCUT2D eigenvalue weighted by Crippen LogP contribution is -2.22. The maximum atomic E-state index is 11.7. The van der Waals surface area contributed by atoms with Crippen LogP contribution in [-0.2, 0) is 4.79 Å². The SMILES string of the molecule is O=C([O-])CCSc1nc2ccccc2c(=O)[nH]1. The Morgan fingerprint density at radius 3 is 2.94 bits per heavy atom. The monoisotopic (exact) mass is 249 g/mol. The molecule has 1 aromatic carbocycles. The van der Waals surface area contributed by atoms with Crippen molar-refractivity contribution in [3.05, 3.63) is 34.6 Å². The number of aromatic nitrogens is 2. The largest absolute Gasteiger partial charge is 0.550 e. The zero-order chi connectivity index (χ0) is 12.3. The summed E-state index contributed by atoms with van der Waals surface area (Å²) in [5.41, 5.74) is 0.388. The summed E-state index contributed by atoms with van der Waals surface area (Å²) in [4.78, 5) is 28.7. The summed E-state index contributed by atoms with van der Waals surface area (Å²) in [6, 6.07) is 7.00. The highest BCUT2D eigenvalue weighted by Crippen LogP contribution is 2.15. The van der Waals surface area contributed by atoms with Gasteiger partial charge in [0.05, 0.1) is 10.9 Å². The summed E-state index contributed by atoms with van der Waals surface area (Å²) in [7, 11) is 0. The molecule has 88 valence electrons. The predicted molar refractivity (Wildman–Crippen MR) is 62.7 cm³/mol. The molecule has 1 aromatic heterocycles. The maximum absolute atomic E-state index is 11.7. The quantitative estimate of drug-likeness (QED) is 0.616. The van der Waals surface area contributed by atoms with E-state index in [2.05, 4.69) is 9.97 Å². The van der Waals surface area contributed by atoms with Crippen LogP contribution in [0.25, 0.3) is 10.9 Å². The highest BCUT2D eigenvalue weighted by molar-refractivity contribution is 7.99. The second-order valence-electron chi connectivity index (χ2n) is 3.36. The number of thioether (sulfide) groups is 1. The number of benzene rings is 1. The molecule has 6 heteroatoms. The first-order valence-corrected chi connectivity index (χ1v) is 5.97. The first kappa shape index (κ1) is 11.7. The van der Waals surface area contributed by atoms with Crippen LogP contribution >= 0.6 is 11.8 Å². The van der Waals surface area contributed by atoms with Crippen LogP contribution in [0.5, 0.6) is 0 Å². The fourth-order valence-corrected chi connectivity index (χ4v) is 2.15. The molecule has 0 saturated heterocycles. The van der Waals surface area contributed by atoms with Crippen LogP contribution in [0.4, 0.5) is 0 Å². The molecule has 5 nitrogen and oxygen atoms in total. The van der Waals surface area contributed by atoms with E-state index in [9.17, 15) is 14.7 Å². The third-order valence-corrected chi connectivity index (χ3v) is 3.01. The lowest BCUT2D eigenvalue weighted by Gasteiger charge is -2.03. The topological polar surface area (TPSA) is 85.9 Å². The van der Waals surface area contributed by atoms with Gasteiger partial charge in [-0.05, 0) is 18.6 Å². The van der Waals surface area contributed by atoms with E-state index in [4.69, 9.17) is 0 Å². The van der Waals surface area contributed by atoms with E-state index in [1.54, 1.807) is 24.3 Å². The van der Waals surface area contributed by atoms with E-state index < -0.39 is 5.97 Å². The molecule has 0 fully saturated rings. The molecule has 1 N–H and O–H groups in total. The number of carbonyl (C=O) groups is 1. The number of nitrogens with zero attached hydrogens (tertiary/aromatic N) is 1. The van der Waals surface area contributed by atoms with Crippen molar-refractivity contribution < 1.29 is 9.90 Å². The fourth-order valence-electron chi connectivity index (χ4n) is 1.36. The normalized spacial score (nSPS) is 10.6. The summed E-state index contributed by atoms with van der Waals surface area (Å²) in [6.45, 7) is 0. The minimum atomic E-state index is -1.11. The maximum Gasteiger partial charge on any atom is 0.259 e. The Hall–Kier alpha value is -1.82. The van der Waals surface area contributed by atoms with Crippen molar-refractivity contribution >= 4 is 28.6 Å². The van der Waals surface area contributed by atoms with Crippen LogP contribution in [0, 0.1) is 0 Å². The minimum absolute atomic E-state index is 0.0683. The van der Waals surface area contributed by atoms with Gasteiger partial charge in [-0.25, -0.2) is 4.98 Å². The van der Waals surface area contributed by atoms with Crippen molar-refractivity contribution in [1.29, 1.82) is 0 Å². The van der Waals surface area contributed by atoms with Crippen molar-refractivity contribution in [2.75, 3.05) is 5.75 Å². The van der Waals surface area contributed by atoms with Gasteiger partial charge < -0.3 is 14.9 Å². The molecular weight excluding hydrogens is 240 g/mol. The zero-order valence-electron chi connectivity index (χ0n) is 8.80. The summed E-state index contributed by atoms with van der Waals surface area (Å²) in [5.74, 6) is -0.787. The molecule has 0 saturated carbocycles. The number of carboxylic acids is 1. The van der Waals surface area contributed by atoms with Gasteiger partial charge in [0.15, 0.2) is 5.16 Å². The molecule has 2 rings (SSSR count). The molecule has 0 unspecified atom stereocenters. The van der Waals surface area contributed by atoms with E-state index in [-0.39, 0.29) is 12.0 Å². The Kier molecular flexibility index (Phi) is 3.43.